The second-order valence-electron chi connectivity index (χ2n) is 9.69. The number of thiophene rings is 2. The van der Waals surface area contributed by atoms with Crippen LogP contribution in [0.3, 0.4) is 0 Å². The fourth-order valence-electron chi connectivity index (χ4n) is 4.38. The third-order valence-corrected chi connectivity index (χ3v) is 10.1. The molecule has 0 saturated carbocycles. The van der Waals surface area contributed by atoms with E-state index in [1.807, 2.05) is 92.1 Å². The number of hydrogen-bond donors (Lipinski definition) is 2. The summed E-state index contributed by atoms with van der Waals surface area (Å²) in [7, 11) is 1.60. The van der Waals surface area contributed by atoms with Crippen LogP contribution < -0.4 is 10.6 Å². The average Bonchev–Trinajstić information content (AvgIpc) is 3.76. The number of amides is 3. The van der Waals surface area contributed by atoms with Crippen LogP contribution in [-0.2, 0) is 20.8 Å². The van der Waals surface area contributed by atoms with Gasteiger partial charge in [-0.25, -0.2) is 0 Å². The van der Waals surface area contributed by atoms with Crippen LogP contribution in [0, 0.1) is 17.8 Å². The summed E-state index contributed by atoms with van der Waals surface area (Å²) in [6.45, 7) is 4.36. The predicted molar refractivity (Wildman–Crippen MR) is 174 cm³/mol. The van der Waals surface area contributed by atoms with Gasteiger partial charge in [-0.2, -0.15) is 0 Å². The lowest BCUT2D eigenvalue weighted by atomic mass is 10.1. The van der Waals surface area contributed by atoms with Gasteiger partial charge in [-0.05, 0) is 60.7 Å². The first-order chi connectivity index (χ1) is 20.4. The fraction of sp³-hybridized carbons (Fsp3) is 0.303. The van der Waals surface area contributed by atoms with Gasteiger partial charge in [-0.1, -0.05) is 56.0 Å². The van der Waals surface area contributed by atoms with Gasteiger partial charge >= 0.3 is 0 Å². The molecule has 1 saturated heterocycles. The Morgan fingerprint density at radius 3 is 2.62 bits per heavy atom. The van der Waals surface area contributed by atoms with Crippen molar-refractivity contribution in [3.05, 3.63) is 104 Å². The molecule has 3 aromatic rings. The zero-order valence-corrected chi connectivity index (χ0v) is 26.4. The molecule has 6 nitrogen and oxygen atoms in total. The van der Waals surface area contributed by atoms with Gasteiger partial charge in [0, 0.05) is 41.0 Å². The summed E-state index contributed by atoms with van der Waals surface area (Å²) in [6.07, 6.45) is 7.33. The van der Waals surface area contributed by atoms with E-state index in [0.29, 0.717) is 12.2 Å². The second-order valence-corrected chi connectivity index (χ2v) is 13.1. The first kappa shape index (κ1) is 31.4. The predicted octanol–water partition coefficient (Wildman–Crippen LogP) is 6.13. The highest BCUT2D eigenvalue weighted by Crippen LogP contribution is 2.48. The normalized spacial score (nSPS) is 17.6. The lowest BCUT2D eigenvalue weighted by molar-refractivity contribution is -0.130. The molecule has 218 valence electrons. The molecule has 2 N–H and O–H groups in total. The summed E-state index contributed by atoms with van der Waals surface area (Å²) in [6, 6.07) is 17.8. The van der Waals surface area contributed by atoms with Crippen molar-refractivity contribution in [2.75, 3.05) is 13.6 Å². The molecule has 1 aromatic carbocycles. The van der Waals surface area contributed by atoms with Crippen molar-refractivity contribution in [1.82, 2.24) is 15.5 Å². The van der Waals surface area contributed by atoms with E-state index in [0.717, 1.165) is 28.2 Å². The van der Waals surface area contributed by atoms with E-state index in [-0.39, 0.29) is 29.5 Å². The lowest BCUT2D eigenvalue weighted by Gasteiger charge is -2.25. The summed E-state index contributed by atoms with van der Waals surface area (Å²) in [5.41, 5.74) is 1.59. The maximum absolute atomic E-state index is 14.0. The van der Waals surface area contributed by atoms with Gasteiger partial charge in [0.15, 0.2) is 0 Å². The van der Waals surface area contributed by atoms with Crippen LogP contribution in [0.15, 0.2) is 83.9 Å². The molecule has 1 fully saturated rings. The molecule has 1 aliphatic heterocycles. The minimum atomic E-state index is -0.550. The molecule has 0 spiro atoms. The fourth-order valence-corrected chi connectivity index (χ4v) is 7.58. The number of benzene rings is 1. The summed E-state index contributed by atoms with van der Waals surface area (Å²) < 4.78 is 0. The third-order valence-electron chi connectivity index (χ3n) is 6.54. The minimum Gasteiger partial charge on any atom is -0.359 e. The number of nitrogens with zero attached hydrogens (tertiary/aromatic N) is 1. The smallest absolute Gasteiger partial charge is 0.241 e. The van der Waals surface area contributed by atoms with E-state index in [2.05, 4.69) is 22.5 Å². The number of thioether (sulfide) groups is 1. The molecule has 0 aliphatic carbocycles. The third kappa shape index (κ3) is 8.48. The molecule has 1 aliphatic rings. The van der Waals surface area contributed by atoms with Crippen molar-refractivity contribution in [2.45, 2.75) is 43.7 Å². The minimum absolute atomic E-state index is 0.0861. The molecule has 9 heteroatoms. The van der Waals surface area contributed by atoms with E-state index in [9.17, 15) is 14.4 Å². The number of nitrogens with one attached hydrogen (secondary N) is 2. The Bertz CT molecular complexity index is 1480. The van der Waals surface area contributed by atoms with Gasteiger partial charge < -0.3 is 10.6 Å². The standard InChI is InChI=1S/C33H35N3O3S3/c1-4-5-12-25(21-23(2)31(38)34-3)36-32(39)29(22-30(37)35-19-18-26-13-9-20-40-26)42-33(36)28-17-16-27(41-28)15-14-24-10-7-6-8-11-24/h5-13,16-17,20-21,23,29,33H,4,18-19,22H2,1-3H3,(H,34,38)(H,35,37)/b12-5-,25-21+. The molecule has 3 amide bonds. The Balaban J connectivity index is 1.59. The van der Waals surface area contributed by atoms with E-state index < -0.39 is 11.2 Å². The molecule has 2 aromatic heterocycles. The summed E-state index contributed by atoms with van der Waals surface area (Å²) in [4.78, 5) is 44.1. The second kappa shape index (κ2) is 15.6. The van der Waals surface area contributed by atoms with Gasteiger partial charge in [0.2, 0.25) is 17.7 Å². The van der Waals surface area contributed by atoms with Crippen LogP contribution in [0.5, 0.6) is 0 Å². The number of carbonyl (C=O) groups excluding carboxylic acids is 3. The molecular weight excluding hydrogens is 583 g/mol. The Morgan fingerprint density at radius 1 is 1.10 bits per heavy atom. The average molecular weight is 618 g/mol. The van der Waals surface area contributed by atoms with Crippen molar-refractivity contribution in [3.8, 4) is 11.8 Å². The van der Waals surface area contributed by atoms with Crippen molar-refractivity contribution in [1.29, 1.82) is 0 Å². The highest BCUT2D eigenvalue weighted by atomic mass is 32.2. The van der Waals surface area contributed by atoms with Gasteiger partial charge in [0.05, 0.1) is 16.0 Å². The van der Waals surface area contributed by atoms with Crippen LogP contribution in [0.4, 0.5) is 0 Å². The number of rotatable bonds is 11. The molecule has 3 unspecified atom stereocenters. The largest absolute Gasteiger partial charge is 0.359 e. The highest BCUT2D eigenvalue weighted by molar-refractivity contribution is 8.01. The topological polar surface area (TPSA) is 78.5 Å². The zero-order chi connectivity index (χ0) is 29.9. The summed E-state index contributed by atoms with van der Waals surface area (Å²) >= 11 is 4.68. The molecule has 0 radical (unpaired) electrons. The molecular formula is C33H35N3O3S3. The Morgan fingerprint density at radius 2 is 1.90 bits per heavy atom. The number of allylic oxidation sites excluding steroid dienone is 2. The molecule has 4 rings (SSSR count). The van der Waals surface area contributed by atoms with Crippen molar-refractivity contribution in [2.24, 2.45) is 5.92 Å². The maximum Gasteiger partial charge on any atom is 0.241 e. The van der Waals surface area contributed by atoms with Crippen LogP contribution in [-0.4, -0.2) is 41.5 Å². The van der Waals surface area contributed by atoms with E-state index in [1.165, 1.54) is 16.6 Å². The summed E-state index contributed by atoms with van der Waals surface area (Å²) in [5.74, 6) is 5.57. The van der Waals surface area contributed by atoms with Crippen molar-refractivity contribution >= 4 is 52.2 Å². The monoisotopic (exact) mass is 617 g/mol. The molecule has 42 heavy (non-hydrogen) atoms. The first-order valence-corrected chi connectivity index (χ1v) is 16.6. The van der Waals surface area contributed by atoms with E-state index in [1.54, 1.807) is 34.6 Å². The van der Waals surface area contributed by atoms with Crippen LogP contribution in [0.1, 0.15) is 52.3 Å². The highest BCUT2D eigenvalue weighted by Gasteiger charge is 2.44. The van der Waals surface area contributed by atoms with Gasteiger partial charge in [-0.15, -0.1) is 34.4 Å². The Hall–Kier alpha value is -3.58. The number of hydrogen-bond acceptors (Lipinski definition) is 6. The van der Waals surface area contributed by atoms with E-state index in [4.69, 9.17) is 0 Å². The van der Waals surface area contributed by atoms with Gasteiger partial charge in [0.25, 0.3) is 0 Å². The van der Waals surface area contributed by atoms with Crippen molar-refractivity contribution in [3.63, 3.8) is 0 Å². The van der Waals surface area contributed by atoms with Crippen LogP contribution >= 0.6 is 34.4 Å². The van der Waals surface area contributed by atoms with E-state index >= 15 is 0 Å². The zero-order valence-electron chi connectivity index (χ0n) is 24.0. The molecule has 3 heterocycles. The van der Waals surface area contributed by atoms with Gasteiger partial charge in [0.1, 0.15) is 5.37 Å². The molecule has 0 bridgehead atoms. The first-order valence-electron chi connectivity index (χ1n) is 13.9. The lowest BCUT2D eigenvalue weighted by Crippen LogP contribution is -2.34. The summed E-state index contributed by atoms with van der Waals surface area (Å²) in [5, 5.41) is 6.79. The van der Waals surface area contributed by atoms with Crippen molar-refractivity contribution < 1.29 is 14.4 Å². The Kier molecular flexibility index (Phi) is 11.6. The molecule has 3 atom stereocenters. The Labute approximate surface area is 260 Å². The SMILES string of the molecule is CC/C=C\C(=C/C(C)C(=O)NC)N1C(=O)C(CC(=O)NCCc2cccs2)SC1c1ccc(C#Cc2ccccc2)s1. The quantitative estimate of drug-likeness (QED) is 0.200. The van der Waals surface area contributed by atoms with Crippen LogP contribution in [0.25, 0.3) is 0 Å². The maximum atomic E-state index is 14.0. The van der Waals surface area contributed by atoms with Gasteiger partial charge in [-0.3, -0.25) is 19.3 Å². The number of carbonyl (C=O) groups is 3. The van der Waals surface area contributed by atoms with Crippen LogP contribution in [0.2, 0.25) is 0 Å².